The van der Waals surface area contributed by atoms with E-state index < -0.39 is 0 Å². The number of fused-ring (bicyclic) bond motifs is 3. The van der Waals surface area contributed by atoms with Gasteiger partial charge < -0.3 is 9.64 Å². The largest absolute Gasteiger partial charge is 0.436 e. The first-order valence-corrected chi connectivity index (χ1v) is 10.0. The van der Waals surface area contributed by atoms with E-state index in [9.17, 15) is 9.59 Å². The van der Waals surface area contributed by atoms with Gasteiger partial charge in [-0.15, -0.1) is 0 Å². The molecular weight excluding hydrogens is 350 g/mol. The summed E-state index contributed by atoms with van der Waals surface area (Å²) in [6.07, 6.45) is 2.18. The lowest BCUT2D eigenvalue weighted by Gasteiger charge is -2.43. The van der Waals surface area contributed by atoms with E-state index in [-0.39, 0.29) is 17.7 Å². The molecule has 4 rings (SSSR count). The van der Waals surface area contributed by atoms with Crippen molar-refractivity contribution >= 4 is 11.9 Å². The third-order valence-corrected chi connectivity index (χ3v) is 6.68. The number of hydrogen-bond acceptors (Lipinski definition) is 3. The highest BCUT2D eigenvalue weighted by atomic mass is 16.6. The fraction of sp³-hybridized carbons (Fsp3) is 0.417. The highest BCUT2D eigenvalue weighted by molar-refractivity contribution is 5.80. The molecule has 0 aliphatic heterocycles. The Hall–Kier alpha value is -2.62. The van der Waals surface area contributed by atoms with Crippen LogP contribution in [0.5, 0.6) is 0 Å². The van der Waals surface area contributed by atoms with Crippen molar-refractivity contribution in [3.63, 3.8) is 0 Å². The molecule has 4 nitrogen and oxygen atoms in total. The van der Waals surface area contributed by atoms with Crippen LogP contribution in [0.2, 0.25) is 0 Å². The molecule has 2 aliphatic carbocycles. The van der Waals surface area contributed by atoms with Gasteiger partial charge in [-0.1, -0.05) is 48.5 Å². The Morgan fingerprint density at radius 2 is 1.46 bits per heavy atom. The maximum absolute atomic E-state index is 13.1. The second-order valence-corrected chi connectivity index (χ2v) is 8.46. The van der Waals surface area contributed by atoms with Gasteiger partial charge >= 0.3 is 6.09 Å². The zero-order valence-corrected chi connectivity index (χ0v) is 16.8. The van der Waals surface area contributed by atoms with Crippen molar-refractivity contribution in [3.8, 4) is 11.1 Å². The first-order chi connectivity index (χ1) is 13.4. The molecule has 0 N–H and O–H groups in total. The maximum Gasteiger partial charge on any atom is 0.410 e. The van der Waals surface area contributed by atoms with E-state index in [0.717, 1.165) is 35.1 Å². The summed E-state index contributed by atoms with van der Waals surface area (Å²) in [6.45, 7) is 4.15. The molecule has 146 valence electrons. The lowest BCUT2D eigenvalue weighted by Crippen LogP contribution is -2.51. The molecule has 0 bridgehead atoms. The number of carbonyl (C=O) groups excluding carboxylic acids is 2. The zero-order chi connectivity index (χ0) is 19.9. The second-order valence-electron chi connectivity index (χ2n) is 8.46. The predicted octanol–water partition coefficient (Wildman–Crippen LogP) is 5.36. The molecule has 1 amide bonds. The molecule has 0 saturated heterocycles. The van der Waals surface area contributed by atoms with Gasteiger partial charge in [-0.3, -0.25) is 4.79 Å². The number of carbonyl (C=O) groups is 2. The van der Waals surface area contributed by atoms with Gasteiger partial charge in [0, 0.05) is 36.6 Å². The zero-order valence-electron chi connectivity index (χ0n) is 16.8. The minimum atomic E-state index is -0.383. The Morgan fingerprint density at radius 3 is 2.00 bits per heavy atom. The number of ketones is 1. The van der Waals surface area contributed by atoms with E-state index in [1.807, 2.05) is 43.4 Å². The van der Waals surface area contributed by atoms with Crippen LogP contribution in [-0.4, -0.2) is 29.4 Å². The van der Waals surface area contributed by atoms with Gasteiger partial charge in [0.2, 0.25) is 0 Å². The van der Waals surface area contributed by atoms with E-state index in [1.54, 1.807) is 4.90 Å². The number of amides is 1. The van der Waals surface area contributed by atoms with Crippen LogP contribution in [0.1, 0.15) is 56.8 Å². The number of nitrogens with zero attached hydrogens (tertiary/aromatic N) is 1. The summed E-state index contributed by atoms with van der Waals surface area (Å²) in [6, 6.07) is 16.2. The van der Waals surface area contributed by atoms with Crippen LogP contribution in [0.25, 0.3) is 11.1 Å². The monoisotopic (exact) mass is 377 g/mol. The summed E-state index contributed by atoms with van der Waals surface area (Å²) in [5.74, 6) is 0.627. The van der Waals surface area contributed by atoms with Crippen molar-refractivity contribution in [2.75, 3.05) is 7.05 Å². The normalized spacial score (nSPS) is 17.2. The summed E-state index contributed by atoms with van der Waals surface area (Å²) in [5, 5.41) is 0. The predicted molar refractivity (Wildman–Crippen MR) is 109 cm³/mol. The molecule has 0 unspecified atom stereocenters. The smallest absolute Gasteiger partial charge is 0.410 e. The van der Waals surface area contributed by atoms with E-state index in [4.69, 9.17) is 4.74 Å². The van der Waals surface area contributed by atoms with Crippen LogP contribution in [0, 0.1) is 5.92 Å². The summed E-state index contributed by atoms with van der Waals surface area (Å²) in [7, 11) is 1.81. The van der Waals surface area contributed by atoms with Gasteiger partial charge in [-0.05, 0) is 43.7 Å². The molecule has 0 spiro atoms. The van der Waals surface area contributed by atoms with Gasteiger partial charge in [0.15, 0.2) is 6.10 Å². The SMILES string of the molecule is CN(C(=O)OC1c2ccccc2-c2ccccc21)C(C)(C)C1CCC(=O)CC1. The molecule has 2 aromatic rings. The molecule has 0 radical (unpaired) electrons. The van der Waals surface area contributed by atoms with Gasteiger partial charge in [-0.25, -0.2) is 4.79 Å². The van der Waals surface area contributed by atoms with Gasteiger partial charge in [-0.2, -0.15) is 0 Å². The van der Waals surface area contributed by atoms with Crippen molar-refractivity contribution in [1.29, 1.82) is 0 Å². The number of ether oxygens (including phenoxy) is 1. The number of Topliss-reactive ketones (excluding diaryl/α,β-unsaturated/α-hetero) is 1. The number of hydrogen-bond donors (Lipinski definition) is 0. The fourth-order valence-corrected chi connectivity index (χ4v) is 4.57. The third kappa shape index (κ3) is 3.11. The van der Waals surface area contributed by atoms with Crippen LogP contribution in [0.15, 0.2) is 48.5 Å². The summed E-state index contributed by atoms with van der Waals surface area (Å²) in [5.41, 5.74) is 3.96. The quantitative estimate of drug-likeness (QED) is 0.723. The van der Waals surface area contributed by atoms with Gasteiger partial charge in [0.1, 0.15) is 5.78 Å². The average molecular weight is 377 g/mol. The van der Waals surface area contributed by atoms with E-state index in [0.29, 0.717) is 24.5 Å². The molecule has 0 atom stereocenters. The second kappa shape index (κ2) is 7.08. The van der Waals surface area contributed by atoms with E-state index >= 15 is 0 Å². The number of rotatable bonds is 3. The Bertz CT molecular complexity index is 862. The van der Waals surface area contributed by atoms with Crippen LogP contribution in [-0.2, 0) is 9.53 Å². The van der Waals surface area contributed by atoms with Crippen LogP contribution < -0.4 is 0 Å². The molecule has 0 heterocycles. The molecule has 1 saturated carbocycles. The molecule has 4 heteroatoms. The van der Waals surface area contributed by atoms with Crippen LogP contribution >= 0.6 is 0 Å². The fourth-order valence-electron chi connectivity index (χ4n) is 4.57. The van der Waals surface area contributed by atoms with Crippen molar-refractivity contribution in [1.82, 2.24) is 4.90 Å². The van der Waals surface area contributed by atoms with Crippen molar-refractivity contribution in [2.24, 2.45) is 5.92 Å². The Balaban J connectivity index is 1.56. The summed E-state index contributed by atoms with van der Waals surface area (Å²) < 4.78 is 6.04. The molecule has 1 fully saturated rings. The molecule has 28 heavy (non-hydrogen) atoms. The maximum atomic E-state index is 13.1. The van der Waals surface area contributed by atoms with Crippen LogP contribution in [0.4, 0.5) is 4.79 Å². The average Bonchev–Trinajstić information content (AvgIpc) is 3.02. The Morgan fingerprint density at radius 1 is 0.964 bits per heavy atom. The molecule has 2 aliphatic rings. The van der Waals surface area contributed by atoms with Crippen molar-refractivity contribution < 1.29 is 14.3 Å². The van der Waals surface area contributed by atoms with Gasteiger partial charge in [0.25, 0.3) is 0 Å². The number of benzene rings is 2. The first kappa shape index (κ1) is 18.7. The Kier molecular flexibility index (Phi) is 4.74. The van der Waals surface area contributed by atoms with Crippen molar-refractivity contribution in [3.05, 3.63) is 59.7 Å². The molecular formula is C24H27NO3. The highest BCUT2D eigenvalue weighted by Crippen LogP contribution is 2.45. The van der Waals surface area contributed by atoms with Crippen molar-refractivity contribution in [2.45, 2.75) is 51.2 Å². The van der Waals surface area contributed by atoms with E-state index in [2.05, 4.69) is 26.0 Å². The lowest BCUT2D eigenvalue weighted by molar-refractivity contribution is -0.121. The summed E-state index contributed by atoms with van der Waals surface area (Å²) >= 11 is 0. The first-order valence-electron chi connectivity index (χ1n) is 10.0. The topological polar surface area (TPSA) is 46.6 Å². The minimum absolute atomic E-state index is 0.297. The van der Waals surface area contributed by atoms with Gasteiger partial charge in [0.05, 0.1) is 0 Å². The molecule has 0 aromatic heterocycles. The highest BCUT2D eigenvalue weighted by Gasteiger charge is 2.40. The standard InChI is InChI=1S/C24H27NO3/c1-24(2,16-12-14-17(26)15-13-16)25(3)23(27)28-22-20-10-6-4-8-18(20)19-9-5-7-11-21(19)22/h4-11,16,22H,12-15H2,1-3H3. The molecule has 2 aromatic carbocycles. The third-order valence-electron chi connectivity index (χ3n) is 6.68. The van der Waals surface area contributed by atoms with Crippen LogP contribution in [0.3, 0.4) is 0 Å². The minimum Gasteiger partial charge on any atom is -0.436 e. The summed E-state index contributed by atoms with van der Waals surface area (Å²) in [4.78, 5) is 26.4. The van der Waals surface area contributed by atoms with E-state index in [1.165, 1.54) is 0 Å². The lowest BCUT2D eigenvalue weighted by atomic mass is 9.75. The Labute approximate surface area is 166 Å².